The maximum absolute atomic E-state index is 11.5. The smallest absolute Gasteiger partial charge is 0.272 e. The monoisotopic (exact) mass is 176 g/mol. The van der Waals surface area contributed by atoms with Gasteiger partial charge >= 0.3 is 0 Å². The number of carbonyl (C=O) groups excluding carboxylic acids is 1. The lowest BCUT2D eigenvalue weighted by atomic mass is 10.3. The molecular weight excluding hydrogens is 164 g/mol. The van der Waals surface area contributed by atoms with E-state index < -0.39 is 0 Å². The molecule has 1 rings (SSSR count). The first-order valence-corrected chi connectivity index (χ1v) is 4.13. The van der Waals surface area contributed by atoms with Crippen molar-refractivity contribution >= 4 is 5.91 Å². The molecule has 0 aliphatic heterocycles. The van der Waals surface area contributed by atoms with Crippen molar-refractivity contribution in [2.24, 2.45) is 0 Å². The van der Waals surface area contributed by atoms with Crippen molar-refractivity contribution in [1.29, 1.82) is 0 Å². The van der Waals surface area contributed by atoms with Crippen LogP contribution in [0.4, 0.5) is 0 Å². The minimum atomic E-state index is -0.102. The van der Waals surface area contributed by atoms with Crippen molar-refractivity contribution in [2.75, 3.05) is 13.6 Å². The molecule has 13 heavy (non-hydrogen) atoms. The standard InChI is InChI=1S/C10H12N2O/c1-4-12(3)10(13)9-7-5-6-8(2)11-9/h2,5-7H,4H2,1,3H3. The topological polar surface area (TPSA) is 33.2 Å². The highest BCUT2D eigenvalue weighted by Gasteiger charge is 2.10. The summed E-state index contributed by atoms with van der Waals surface area (Å²) in [6.07, 6.45) is 0. The van der Waals surface area contributed by atoms with Gasteiger partial charge in [-0.05, 0) is 19.1 Å². The van der Waals surface area contributed by atoms with Gasteiger partial charge in [0.05, 0.1) is 0 Å². The summed E-state index contributed by atoms with van der Waals surface area (Å²) in [4.78, 5) is 17.0. The van der Waals surface area contributed by atoms with Gasteiger partial charge in [0.15, 0.2) is 0 Å². The lowest BCUT2D eigenvalue weighted by molar-refractivity contribution is 0.0796. The Labute approximate surface area is 78.4 Å². The molecule has 0 fully saturated rings. The molecule has 0 saturated heterocycles. The number of hydrogen-bond donors (Lipinski definition) is 0. The van der Waals surface area contributed by atoms with Crippen LogP contribution in [-0.4, -0.2) is 29.4 Å². The predicted molar refractivity (Wildman–Crippen MR) is 50.3 cm³/mol. The van der Waals surface area contributed by atoms with Crippen molar-refractivity contribution < 1.29 is 4.79 Å². The van der Waals surface area contributed by atoms with E-state index in [9.17, 15) is 4.79 Å². The summed E-state index contributed by atoms with van der Waals surface area (Å²) < 4.78 is 0. The summed E-state index contributed by atoms with van der Waals surface area (Å²) in [7, 11) is 1.73. The molecule has 0 N–H and O–H groups in total. The Hall–Kier alpha value is -1.38. The molecule has 3 heteroatoms. The van der Waals surface area contributed by atoms with Gasteiger partial charge in [0.25, 0.3) is 5.91 Å². The molecule has 0 unspecified atom stereocenters. The van der Waals surface area contributed by atoms with Gasteiger partial charge in [0.2, 0.25) is 0 Å². The highest BCUT2D eigenvalue weighted by atomic mass is 16.2. The number of rotatable bonds is 2. The highest BCUT2D eigenvalue weighted by Crippen LogP contribution is 2.01. The normalized spacial score (nSPS) is 9.77. The molecule has 1 aromatic rings. The first kappa shape index (κ1) is 9.71. The van der Waals surface area contributed by atoms with E-state index in [0.717, 1.165) is 0 Å². The zero-order chi connectivity index (χ0) is 9.84. The zero-order valence-corrected chi connectivity index (χ0v) is 7.82. The fourth-order valence-corrected chi connectivity index (χ4v) is 0.910. The van der Waals surface area contributed by atoms with Crippen LogP contribution in [0, 0.1) is 6.92 Å². The van der Waals surface area contributed by atoms with Crippen LogP contribution in [0.3, 0.4) is 0 Å². The Bertz CT molecular complexity index is 310. The minimum Gasteiger partial charge on any atom is -0.341 e. The molecule has 68 valence electrons. The van der Waals surface area contributed by atoms with Gasteiger partial charge in [-0.25, -0.2) is 4.98 Å². The van der Waals surface area contributed by atoms with Gasteiger partial charge in [0.1, 0.15) is 5.69 Å². The summed E-state index contributed by atoms with van der Waals surface area (Å²) in [6, 6.07) is 5.03. The van der Waals surface area contributed by atoms with E-state index in [4.69, 9.17) is 6.92 Å². The van der Waals surface area contributed by atoms with Gasteiger partial charge in [-0.1, -0.05) is 6.07 Å². The van der Waals surface area contributed by atoms with E-state index >= 15 is 0 Å². The predicted octanol–water partition coefficient (Wildman–Crippen LogP) is 1.23. The van der Waals surface area contributed by atoms with Crippen LogP contribution in [0.5, 0.6) is 0 Å². The van der Waals surface area contributed by atoms with Crippen LogP contribution in [-0.2, 0) is 0 Å². The first-order chi connectivity index (χ1) is 6.15. The van der Waals surface area contributed by atoms with Crippen LogP contribution in [0.15, 0.2) is 18.2 Å². The van der Waals surface area contributed by atoms with Crippen molar-refractivity contribution in [2.45, 2.75) is 6.92 Å². The molecule has 0 spiro atoms. The Balaban J connectivity index is 2.89. The largest absolute Gasteiger partial charge is 0.341 e. The second kappa shape index (κ2) is 4.03. The molecular formula is C10H12N2O. The zero-order valence-electron chi connectivity index (χ0n) is 7.82. The van der Waals surface area contributed by atoms with Gasteiger partial charge < -0.3 is 4.90 Å². The van der Waals surface area contributed by atoms with Crippen LogP contribution in [0.2, 0.25) is 0 Å². The third-order valence-electron chi connectivity index (χ3n) is 1.81. The maximum atomic E-state index is 11.5. The Morgan fingerprint density at radius 3 is 2.85 bits per heavy atom. The van der Waals surface area contributed by atoms with Gasteiger partial charge in [0, 0.05) is 26.2 Å². The third-order valence-corrected chi connectivity index (χ3v) is 1.81. The number of hydrogen-bond acceptors (Lipinski definition) is 2. The van der Waals surface area contributed by atoms with Crippen molar-refractivity contribution in [3.05, 3.63) is 36.5 Å². The van der Waals surface area contributed by atoms with Crippen LogP contribution in [0.25, 0.3) is 0 Å². The number of aromatic nitrogens is 1. The number of nitrogens with zero attached hydrogens (tertiary/aromatic N) is 2. The second-order valence-electron chi connectivity index (χ2n) is 2.77. The number of pyridine rings is 1. The summed E-state index contributed by atoms with van der Waals surface area (Å²) >= 11 is 0. The van der Waals surface area contributed by atoms with E-state index in [1.807, 2.05) is 6.92 Å². The van der Waals surface area contributed by atoms with Gasteiger partial charge in [-0.3, -0.25) is 4.79 Å². The first-order valence-electron chi connectivity index (χ1n) is 4.13. The Morgan fingerprint density at radius 2 is 2.31 bits per heavy atom. The highest BCUT2D eigenvalue weighted by molar-refractivity contribution is 5.92. The minimum absolute atomic E-state index is 0.102. The van der Waals surface area contributed by atoms with E-state index in [1.54, 1.807) is 30.1 Å². The lowest BCUT2D eigenvalue weighted by Gasteiger charge is -2.13. The molecule has 2 radical (unpaired) electrons. The maximum Gasteiger partial charge on any atom is 0.272 e. The van der Waals surface area contributed by atoms with E-state index in [2.05, 4.69) is 4.98 Å². The molecule has 0 saturated carbocycles. The van der Waals surface area contributed by atoms with Crippen molar-refractivity contribution in [1.82, 2.24) is 9.88 Å². The summed E-state index contributed by atoms with van der Waals surface area (Å²) in [5.41, 5.74) is 0.764. The van der Waals surface area contributed by atoms with Gasteiger partial charge in [-0.15, -0.1) is 0 Å². The molecule has 1 amide bonds. The van der Waals surface area contributed by atoms with Crippen LogP contribution < -0.4 is 0 Å². The Kier molecular flexibility index (Phi) is 3.01. The quantitative estimate of drug-likeness (QED) is 0.679. The molecule has 1 heterocycles. The number of carbonyl (C=O) groups is 1. The second-order valence-corrected chi connectivity index (χ2v) is 2.77. The fraction of sp³-hybridized carbons (Fsp3) is 0.300. The molecule has 0 aliphatic carbocycles. The Morgan fingerprint density at radius 1 is 1.62 bits per heavy atom. The SMILES string of the molecule is [CH]c1cccc(C(=O)N(C)CC)n1. The fourth-order valence-electron chi connectivity index (χ4n) is 0.910. The third kappa shape index (κ3) is 2.28. The van der Waals surface area contributed by atoms with Crippen LogP contribution >= 0.6 is 0 Å². The summed E-state index contributed by atoms with van der Waals surface area (Å²) in [5.74, 6) is -0.102. The molecule has 0 aliphatic rings. The van der Waals surface area contributed by atoms with Crippen molar-refractivity contribution in [3.8, 4) is 0 Å². The summed E-state index contributed by atoms with van der Waals surface area (Å²) in [5, 5.41) is 0. The molecule has 3 nitrogen and oxygen atoms in total. The molecule has 0 bridgehead atoms. The molecule has 0 aromatic carbocycles. The summed E-state index contributed by atoms with van der Waals surface area (Å²) in [6.45, 7) is 8.03. The average Bonchev–Trinajstić information content (AvgIpc) is 2.15. The number of amides is 1. The van der Waals surface area contributed by atoms with E-state index in [1.165, 1.54) is 0 Å². The molecule has 1 aromatic heterocycles. The van der Waals surface area contributed by atoms with E-state index in [-0.39, 0.29) is 5.91 Å². The average molecular weight is 176 g/mol. The lowest BCUT2D eigenvalue weighted by Crippen LogP contribution is -2.27. The van der Waals surface area contributed by atoms with E-state index in [0.29, 0.717) is 17.9 Å². The molecule has 0 atom stereocenters. The van der Waals surface area contributed by atoms with Gasteiger partial charge in [-0.2, -0.15) is 0 Å². The van der Waals surface area contributed by atoms with Crippen LogP contribution in [0.1, 0.15) is 23.1 Å². The van der Waals surface area contributed by atoms with Crippen molar-refractivity contribution in [3.63, 3.8) is 0 Å².